The number of hydrogen-bond acceptors (Lipinski definition) is 4. The Bertz CT molecular complexity index is 1040. The van der Waals surface area contributed by atoms with Gasteiger partial charge in [-0.3, -0.25) is 0 Å². The van der Waals surface area contributed by atoms with Crippen LogP contribution in [-0.4, -0.2) is 14.0 Å². The molecule has 2 radical (unpaired) electrons. The van der Waals surface area contributed by atoms with Crippen LogP contribution in [0.25, 0.3) is 0 Å². The van der Waals surface area contributed by atoms with Crippen molar-refractivity contribution in [1.29, 1.82) is 0 Å². The molecular formula is C20H11BNO3U-. The van der Waals surface area contributed by atoms with E-state index in [2.05, 4.69) is 11.3 Å². The molecule has 1 atom stereocenters. The van der Waals surface area contributed by atoms with Gasteiger partial charge >= 0.3 is 5.97 Å². The van der Waals surface area contributed by atoms with Gasteiger partial charge in [0.25, 0.3) is 0 Å². The monoisotopic (exact) mass is 562 g/mol. The smallest absolute Gasteiger partial charge is 0.340 e. The maximum atomic E-state index is 12.6. The van der Waals surface area contributed by atoms with Crippen LogP contribution >= 0.6 is 0 Å². The van der Waals surface area contributed by atoms with Gasteiger partial charge in [0.1, 0.15) is 5.75 Å². The Hall–Kier alpha value is -2.15. The first-order valence-electron chi connectivity index (χ1n) is 7.86. The average Bonchev–Trinajstić information content (AvgIpc) is 2.95. The molecule has 0 saturated carbocycles. The minimum Gasteiger partial charge on any atom is -0.516 e. The third-order valence-corrected chi connectivity index (χ3v) is 4.72. The molecule has 2 aliphatic rings. The molecule has 1 N–H and O–H groups in total. The summed E-state index contributed by atoms with van der Waals surface area (Å²) in [4.78, 5) is 12.6. The topological polar surface area (TPSA) is 47.6 Å². The van der Waals surface area contributed by atoms with Crippen LogP contribution in [0.4, 0.5) is 5.69 Å². The number of benzene rings is 3. The van der Waals surface area contributed by atoms with Gasteiger partial charge in [-0.05, 0) is 18.2 Å². The maximum absolute atomic E-state index is 12.6. The van der Waals surface area contributed by atoms with Gasteiger partial charge in [0.15, 0.2) is 5.60 Å². The summed E-state index contributed by atoms with van der Waals surface area (Å²) in [7, 11) is 5.52. The summed E-state index contributed by atoms with van der Waals surface area (Å²) < 4.78 is 12.0. The van der Waals surface area contributed by atoms with Gasteiger partial charge in [-0.2, -0.15) is 18.2 Å². The van der Waals surface area contributed by atoms with Gasteiger partial charge < -0.3 is 14.7 Å². The summed E-state index contributed by atoms with van der Waals surface area (Å²) in [6, 6.07) is 21.4. The van der Waals surface area contributed by atoms with Crippen LogP contribution in [0.15, 0.2) is 60.7 Å². The molecule has 122 valence electrons. The van der Waals surface area contributed by atoms with Gasteiger partial charge in [-0.1, -0.05) is 23.8 Å². The Morgan fingerprint density at radius 2 is 1.81 bits per heavy atom. The van der Waals surface area contributed by atoms with E-state index in [0.717, 1.165) is 16.7 Å². The standard InChI is InChI=1S/C20H11BNO3.U/c21-22-12-9-10-16-18(11-12)24-17-8-4-3-7-15(17)20(16)14-6-2-1-5-13(14)19(23)25-20;/h1-3,5-11,22H;/q-1;. The Balaban J connectivity index is 0.00000168. The largest absolute Gasteiger partial charge is 0.516 e. The number of hydrogen-bond donors (Lipinski definition) is 1. The minimum atomic E-state index is -1.03. The Labute approximate surface area is 175 Å². The molecule has 4 nitrogen and oxygen atoms in total. The molecular weight excluding hydrogens is 551 g/mol. The zero-order valence-corrected chi connectivity index (χ0v) is 17.7. The van der Waals surface area contributed by atoms with Crippen LogP contribution in [0.1, 0.15) is 27.0 Å². The van der Waals surface area contributed by atoms with Gasteiger partial charge in [0.05, 0.1) is 5.56 Å². The van der Waals surface area contributed by atoms with Gasteiger partial charge in [0, 0.05) is 59.7 Å². The van der Waals surface area contributed by atoms with Crippen molar-refractivity contribution in [2.24, 2.45) is 0 Å². The molecule has 1 spiro atoms. The Morgan fingerprint density at radius 1 is 1.00 bits per heavy atom. The van der Waals surface area contributed by atoms with Crippen molar-refractivity contribution in [2.45, 2.75) is 5.60 Å². The molecule has 0 bridgehead atoms. The van der Waals surface area contributed by atoms with E-state index >= 15 is 0 Å². The zero-order chi connectivity index (χ0) is 17.0. The first-order valence-corrected chi connectivity index (χ1v) is 7.86. The van der Waals surface area contributed by atoms with Crippen molar-refractivity contribution in [3.05, 3.63) is 89.0 Å². The van der Waals surface area contributed by atoms with E-state index < -0.39 is 5.60 Å². The van der Waals surface area contributed by atoms with Crippen molar-refractivity contribution in [3.63, 3.8) is 0 Å². The van der Waals surface area contributed by atoms with Crippen LogP contribution in [0.5, 0.6) is 11.5 Å². The molecule has 5 rings (SSSR count). The summed E-state index contributed by atoms with van der Waals surface area (Å²) in [5.41, 5.74) is 2.60. The van der Waals surface area contributed by atoms with Crippen molar-refractivity contribution in [2.75, 3.05) is 5.23 Å². The molecule has 0 aromatic heterocycles. The molecule has 0 amide bonds. The Morgan fingerprint density at radius 3 is 2.65 bits per heavy atom. The van der Waals surface area contributed by atoms with E-state index in [0.29, 0.717) is 22.7 Å². The van der Waals surface area contributed by atoms with Crippen LogP contribution in [0, 0.1) is 37.2 Å². The molecule has 3 aromatic rings. The molecule has 6 heteroatoms. The summed E-state index contributed by atoms with van der Waals surface area (Å²) in [5.74, 6) is 0.851. The van der Waals surface area contributed by atoms with Gasteiger partial charge in [-0.15, -0.1) is 6.07 Å². The second kappa shape index (κ2) is 6.23. The summed E-state index contributed by atoms with van der Waals surface area (Å²) in [6.07, 6.45) is 0. The van der Waals surface area contributed by atoms with Gasteiger partial charge in [0.2, 0.25) is 7.98 Å². The van der Waals surface area contributed by atoms with Crippen molar-refractivity contribution in [3.8, 4) is 11.5 Å². The third kappa shape index (κ3) is 2.19. The van der Waals surface area contributed by atoms with E-state index in [1.54, 1.807) is 24.3 Å². The van der Waals surface area contributed by atoms with E-state index in [-0.39, 0.29) is 37.1 Å². The minimum absolute atomic E-state index is 0. The summed E-state index contributed by atoms with van der Waals surface area (Å²) >= 11 is 0. The van der Waals surface area contributed by atoms with Crippen LogP contribution < -0.4 is 9.96 Å². The molecule has 0 aliphatic carbocycles. The number of ether oxygens (including phenoxy) is 2. The number of carbonyl (C=O) groups excluding carboxylic acids is 1. The quantitative estimate of drug-likeness (QED) is 0.280. The molecule has 0 fully saturated rings. The number of nitrogens with one attached hydrogen (secondary N) is 1. The Kier molecular flexibility index (Phi) is 4.14. The molecule has 0 saturated heterocycles. The molecule has 2 heterocycles. The fourth-order valence-corrected chi connectivity index (χ4v) is 3.66. The van der Waals surface area contributed by atoms with Crippen molar-refractivity contribution < 1.29 is 45.4 Å². The number of anilines is 1. The van der Waals surface area contributed by atoms with Crippen LogP contribution in [-0.2, 0) is 10.3 Å². The van der Waals surface area contributed by atoms with E-state index in [1.165, 1.54) is 0 Å². The first kappa shape index (κ1) is 17.3. The number of fused-ring (bicyclic) bond motifs is 6. The first-order chi connectivity index (χ1) is 12.2. The van der Waals surface area contributed by atoms with E-state index in [1.807, 2.05) is 36.4 Å². The van der Waals surface area contributed by atoms with Crippen molar-refractivity contribution >= 4 is 19.6 Å². The van der Waals surface area contributed by atoms with Crippen LogP contribution in [0.3, 0.4) is 0 Å². The maximum Gasteiger partial charge on any atom is 0.340 e. The fourth-order valence-electron chi connectivity index (χ4n) is 3.66. The van der Waals surface area contributed by atoms with Gasteiger partial charge in [-0.25, -0.2) is 4.79 Å². The SMILES string of the molecule is [B]Nc1ccc2c(c1)Oc1c[c-]ccc1C21OC(=O)c2ccccc21.[U]. The van der Waals surface area contributed by atoms with Crippen molar-refractivity contribution in [1.82, 2.24) is 0 Å². The zero-order valence-electron chi connectivity index (χ0n) is 13.6. The summed E-state index contributed by atoms with van der Waals surface area (Å²) in [5, 5.41) is 2.61. The molecule has 26 heavy (non-hydrogen) atoms. The predicted octanol–water partition coefficient (Wildman–Crippen LogP) is 3.55. The number of esters is 1. The second-order valence-electron chi connectivity index (χ2n) is 6.00. The molecule has 3 aromatic carbocycles. The number of rotatable bonds is 1. The third-order valence-electron chi connectivity index (χ3n) is 4.72. The normalized spacial score (nSPS) is 18.7. The average molecular weight is 562 g/mol. The predicted molar refractivity (Wildman–Crippen MR) is 92.9 cm³/mol. The number of carbonyl (C=O) groups is 1. The van der Waals surface area contributed by atoms with E-state index in [9.17, 15) is 4.79 Å². The molecule has 1 unspecified atom stereocenters. The summed E-state index contributed by atoms with van der Waals surface area (Å²) in [6.45, 7) is 0. The second-order valence-corrected chi connectivity index (χ2v) is 6.00. The van der Waals surface area contributed by atoms with Crippen LogP contribution in [0.2, 0.25) is 0 Å². The molecule has 2 aliphatic heterocycles. The van der Waals surface area contributed by atoms with E-state index in [4.69, 9.17) is 17.5 Å². The fraction of sp³-hybridized carbons (Fsp3) is 0.0500.